The van der Waals surface area contributed by atoms with Gasteiger partial charge < -0.3 is 4.90 Å². The zero-order valence-electron chi connectivity index (χ0n) is 14.4. The van der Waals surface area contributed by atoms with Gasteiger partial charge in [-0.05, 0) is 36.2 Å². The number of hydrazine groups is 2. The van der Waals surface area contributed by atoms with Gasteiger partial charge in [-0.1, -0.05) is 47.5 Å². The van der Waals surface area contributed by atoms with Crippen LogP contribution in [0.15, 0.2) is 48.5 Å². The molecule has 0 saturated carbocycles. The Labute approximate surface area is 163 Å². The number of amides is 1. The fourth-order valence-electron chi connectivity index (χ4n) is 3.03. The molecule has 0 aliphatic carbocycles. The van der Waals surface area contributed by atoms with Gasteiger partial charge in [-0.3, -0.25) is 4.79 Å². The molecule has 0 spiro atoms. The maximum atomic E-state index is 12.4. The topological polar surface area (TPSA) is 52.8 Å². The number of nitrogens with two attached hydrogens (primary N) is 1. The zero-order chi connectivity index (χ0) is 18.5. The third-order valence-electron chi connectivity index (χ3n) is 4.55. The molecule has 7 heteroatoms. The lowest BCUT2D eigenvalue weighted by atomic mass is 10.1. The maximum absolute atomic E-state index is 12.4. The Morgan fingerprint density at radius 2 is 1.69 bits per heavy atom. The van der Waals surface area contributed by atoms with Crippen LogP contribution in [0.2, 0.25) is 10.0 Å². The molecule has 0 bridgehead atoms. The highest BCUT2D eigenvalue weighted by Crippen LogP contribution is 2.23. The summed E-state index contributed by atoms with van der Waals surface area (Å²) in [6.07, 6.45) is 0.904. The van der Waals surface area contributed by atoms with E-state index >= 15 is 0 Å². The highest BCUT2D eigenvalue weighted by molar-refractivity contribution is 6.42. The average Bonchev–Trinajstić information content (AvgIpc) is 2.69. The molecule has 138 valence electrons. The smallest absolute Gasteiger partial charge is 0.251 e. The van der Waals surface area contributed by atoms with Gasteiger partial charge in [0.05, 0.1) is 10.0 Å². The maximum Gasteiger partial charge on any atom is 0.251 e. The molecule has 1 aliphatic heterocycles. The van der Waals surface area contributed by atoms with Gasteiger partial charge >= 0.3 is 0 Å². The molecule has 1 saturated heterocycles. The fraction of sp³-hybridized carbons (Fsp3) is 0.316. The van der Waals surface area contributed by atoms with Crippen molar-refractivity contribution in [1.29, 1.82) is 0 Å². The first-order chi connectivity index (χ1) is 12.5. The number of carbonyl (C=O) groups excluding carboxylic acids is 1. The van der Waals surface area contributed by atoms with Crippen molar-refractivity contribution in [3.8, 4) is 0 Å². The van der Waals surface area contributed by atoms with Crippen LogP contribution in [0.5, 0.6) is 0 Å². The van der Waals surface area contributed by atoms with Crippen molar-refractivity contribution in [1.82, 2.24) is 10.1 Å². The van der Waals surface area contributed by atoms with Gasteiger partial charge in [-0.15, -0.1) is 0 Å². The number of aryl methyl sites for hydroxylation is 1. The molecule has 1 amide bonds. The Morgan fingerprint density at radius 3 is 2.35 bits per heavy atom. The highest BCUT2D eigenvalue weighted by atomic mass is 35.5. The van der Waals surface area contributed by atoms with Gasteiger partial charge in [0.15, 0.2) is 0 Å². The van der Waals surface area contributed by atoms with E-state index in [-0.39, 0.29) is 5.91 Å². The van der Waals surface area contributed by atoms with Crippen molar-refractivity contribution in [2.75, 3.05) is 31.1 Å². The van der Waals surface area contributed by atoms with E-state index in [1.807, 2.05) is 29.3 Å². The lowest BCUT2D eigenvalue weighted by Crippen LogP contribution is -2.58. The van der Waals surface area contributed by atoms with E-state index in [1.165, 1.54) is 10.8 Å². The summed E-state index contributed by atoms with van der Waals surface area (Å²) in [5, 5.41) is 4.17. The number of rotatable bonds is 5. The van der Waals surface area contributed by atoms with E-state index in [4.69, 9.17) is 29.0 Å². The quantitative estimate of drug-likeness (QED) is 0.481. The standard InChI is InChI=1S/C19H22Cl2N4O/c20-17-8-6-15(14-18(17)21)7-9-19(26)25(22)24-12-10-23(11-13-24)16-4-2-1-3-5-16/h1-6,8,14H,7,9-13,22H2. The molecule has 5 nitrogen and oxygen atoms in total. The SMILES string of the molecule is NN(C(=O)CCc1ccc(Cl)c(Cl)c1)N1CCN(c2ccccc2)CC1. The highest BCUT2D eigenvalue weighted by Gasteiger charge is 2.23. The molecule has 2 N–H and O–H groups in total. The van der Waals surface area contributed by atoms with Gasteiger partial charge in [0.25, 0.3) is 5.91 Å². The van der Waals surface area contributed by atoms with Crippen LogP contribution in [0.4, 0.5) is 5.69 Å². The third-order valence-corrected chi connectivity index (χ3v) is 5.29. The summed E-state index contributed by atoms with van der Waals surface area (Å²) in [6.45, 7) is 3.09. The molecule has 1 fully saturated rings. The summed E-state index contributed by atoms with van der Waals surface area (Å²) in [5.41, 5.74) is 2.16. The van der Waals surface area contributed by atoms with E-state index in [1.54, 1.807) is 12.1 Å². The van der Waals surface area contributed by atoms with Crippen molar-refractivity contribution in [3.05, 3.63) is 64.1 Å². The summed E-state index contributed by atoms with van der Waals surface area (Å²) in [4.78, 5) is 14.7. The number of anilines is 1. The summed E-state index contributed by atoms with van der Waals surface area (Å²) in [7, 11) is 0. The Morgan fingerprint density at radius 1 is 1.00 bits per heavy atom. The first-order valence-corrected chi connectivity index (χ1v) is 9.36. The largest absolute Gasteiger partial charge is 0.369 e. The number of hydrogen-bond acceptors (Lipinski definition) is 4. The van der Waals surface area contributed by atoms with Crippen LogP contribution in [0, 0.1) is 0 Å². The first-order valence-electron chi connectivity index (χ1n) is 8.61. The van der Waals surface area contributed by atoms with Crippen molar-refractivity contribution >= 4 is 34.8 Å². The second-order valence-corrected chi connectivity index (χ2v) is 7.08. The van der Waals surface area contributed by atoms with E-state index in [9.17, 15) is 4.79 Å². The van der Waals surface area contributed by atoms with Crippen LogP contribution in [-0.4, -0.2) is 42.2 Å². The van der Waals surface area contributed by atoms with Crippen LogP contribution < -0.4 is 10.7 Å². The van der Waals surface area contributed by atoms with Crippen molar-refractivity contribution in [2.45, 2.75) is 12.8 Å². The van der Waals surface area contributed by atoms with Crippen molar-refractivity contribution < 1.29 is 4.79 Å². The minimum Gasteiger partial charge on any atom is -0.369 e. The Hall–Kier alpha value is -1.79. The molecule has 0 aromatic heterocycles. The van der Waals surface area contributed by atoms with E-state index < -0.39 is 0 Å². The molecular formula is C19H22Cl2N4O. The summed E-state index contributed by atoms with van der Waals surface area (Å²) in [6, 6.07) is 15.7. The second kappa shape index (κ2) is 8.73. The van der Waals surface area contributed by atoms with Crippen LogP contribution in [0.3, 0.4) is 0 Å². The van der Waals surface area contributed by atoms with E-state index in [2.05, 4.69) is 17.0 Å². The monoisotopic (exact) mass is 392 g/mol. The Kier molecular flexibility index (Phi) is 6.38. The summed E-state index contributed by atoms with van der Waals surface area (Å²) in [5.74, 6) is 5.93. The van der Waals surface area contributed by atoms with Gasteiger partial charge in [-0.25, -0.2) is 16.0 Å². The Bertz CT molecular complexity index is 748. The molecule has 3 rings (SSSR count). The van der Waals surface area contributed by atoms with Crippen molar-refractivity contribution in [3.63, 3.8) is 0 Å². The van der Waals surface area contributed by atoms with Crippen LogP contribution in [0.25, 0.3) is 0 Å². The van der Waals surface area contributed by atoms with Crippen LogP contribution in [-0.2, 0) is 11.2 Å². The normalized spacial score (nSPS) is 15.1. The van der Waals surface area contributed by atoms with Crippen LogP contribution in [0.1, 0.15) is 12.0 Å². The molecule has 0 atom stereocenters. The first kappa shape index (κ1) is 19.0. The molecule has 2 aromatic carbocycles. The third kappa shape index (κ3) is 4.68. The number of nitrogens with zero attached hydrogens (tertiary/aromatic N) is 3. The fourth-order valence-corrected chi connectivity index (χ4v) is 3.35. The predicted molar refractivity (Wildman–Crippen MR) is 106 cm³/mol. The van der Waals surface area contributed by atoms with Crippen LogP contribution >= 0.6 is 23.2 Å². The minimum atomic E-state index is -0.107. The Balaban J connectivity index is 1.49. The molecule has 2 aromatic rings. The number of benzene rings is 2. The number of halogens is 2. The summed E-state index contributed by atoms with van der Waals surface area (Å²) >= 11 is 11.9. The summed E-state index contributed by atoms with van der Waals surface area (Å²) < 4.78 is 0. The number of carbonyl (C=O) groups is 1. The van der Waals surface area contributed by atoms with Crippen molar-refractivity contribution in [2.24, 2.45) is 5.84 Å². The molecule has 0 radical (unpaired) electrons. The van der Waals surface area contributed by atoms with Gasteiger partial charge in [0.1, 0.15) is 0 Å². The van der Waals surface area contributed by atoms with Gasteiger partial charge in [0.2, 0.25) is 0 Å². The number of piperazine rings is 1. The molecule has 1 aliphatic rings. The van der Waals surface area contributed by atoms with Gasteiger partial charge in [0, 0.05) is 38.3 Å². The number of para-hydroxylation sites is 1. The lowest BCUT2D eigenvalue weighted by Gasteiger charge is -2.39. The minimum absolute atomic E-state index is 0.107. The molecule has 1 heterocycles. The zero-order valence-corrected chi connectivity index (χ0v) is 16.0. The average molecular weight is 393 g/mol. The van der Waals surface area contributed by atoms with E-state index in [0.29, 0.717) is 36.0 Å². The molecule has 26 heavy (non-hydrogen) atoms. The molecule has 0 unspecified atom stereocenters. The van der Waals surface area contributed by atoms with Gasteiger partial charge in [-0.2, -0.15) is 0 Å². The molecular weight excluding hydrogens is 371 g/mol. The number of hydrogen-bond donors (Lipinski definition) is 1. The van der Waals surface area contributed by atoms with E-state index in [0.717, 1.165) is 18.7 Å². The second-order valence-electron chi connectivity index (χ2n) is 6.26. The predicted octanol–water partition coefficient (Wildman–Crippen LogP) is 3.37. The lowest BCUT2D eigenvalue weighted by molar-refractivity contribution is -0.150.